The minimum Gasteiger partial charge on any atom is -0.374 e. The van der Waals surface area contributed by atoms with Gasteiger partial charge in [0.2, 0.25) is 0 Å². The van der Waals surface area contributed by atoms with E-state index in [1.54, 1.807) is 12.1 Å². The first-order valence-corrected chi connectivity index (χ1v) is 6.47. The van der Waals surface area contributed by atoms with Crippen LogP contribution in [0.5, 0.6) is 0 Å². The Kier molecular flexibility index (Phi) is 7.17. The molecule has 8 heteroatoms. The lowest BCUT2D eigenvalue weighted by Gasteiger charge is -2.09. The van der Waals surface area contributed by atoms with Crippen LogP contribution in [-0.2, 0) is 4.74 Å². The van der Waals surface area contributed by atoms with Crippen molar-refractivity contribution in [3.05, 3.63) is 22.8 Å². The molecule has 2 N–H and O–H groups in total. The number of alkyl halides is 2. The van der Waals surface area contributed by atoms with Crippen molar-refractivity contribution >= 4 is 23.3 Å². The fourth-order valence-corrected chi connectivity index (χ4v) is 1.56. The van der Waals surface area contributed by atoms with Gasteiger partial charge in [-0.15, -0.1) is 0 Å². The quantitative estimate of drug-likeness (QED) is 0.723. The highest BCUT2D eigenvalue weighted by atomic mass is 35.5. The van der Waals surface area contributed by atoms with Gasteiger partial charge in [-0.3, -0.25) is 4.79 Å². The molecule has 0 bridgehead atoms. The zero-order valence-corrected chi connectivity index (χ0v) is 11.7. The molecule has 0 spiro atoms. The average molecular weight is 308 g/mol. The Bertz CT molecular complexity index is 447. The summed E-state index contributed by atoms with van der Waals surface area (Å²) in [6.07, 6.45) is -2.52. The number of rotatable bonds is 8. The van der Waals surface area contributed by atoms with Gasteiger partial charge in [0.1, 0.15) is 18.1 Å². The molecule has 112 valence electrons. The van der Waals surface area contributed by atoms with Crippen LogP contribution in [0.3, 0.4) is 0 Å². The third-order valence-electron chi connectivity index (χ3n) is 2.19. The van der Waals surface area contributed by atoms with Crippen LogP contribution in [0.15, 0.2) is 12.1 Å². The molecule has 5 nitrogen and oxygen atoms in total. The molecule has 1 aromatic rings. The molecule has 0 aromatic carbocycles. The molecule has 0 unspecified atom stereocenters. The van der Waals surface area contributed by atoms with Gasteiger partial charge in [0.05, 0.1) is 11.6 Å². The van der Waals surface area contributed by atoms with E-state index in [2.05, 4.69) is 20.4 Å². The van der Waals surface area contributed by atoms with Crippen LogP contribution in [-0.4, -0.2) is 43.6 Å². The molecule has 0 radical (unpaired) electrons. The molecule has 0 aliphatic heterocycles. The maximum absolute atomic E-state index is 11.8. The Morgan fingerprint density at radius 1 is 1.50 bits per heavy atom. The highest BCUT2D eigenvalue weighted by Crippen LogP contribution is 2.16. The van der Waals surface area contributed by atoms with Crippen molar-refractivity contribution in [2.45, 2.75) is 13.3 Å². The smallest absolute Gasteiger partial charge is 0.271 e. The van der Waals surface area contributed by atoms with Crippen LogP contribution < -0.4 is 10.6 Å². The van der Waals surface area contributed by atoms with Crippen molar-refractivity contribution in [1.29, 1.82) is 0 Å². The van der Waals surface area contributed by atoms with Gasteiger partial charge in [-0.2, -0.15) is 0 Å². The molecule has 0 atom stereocenters. The fourth-order valence-electron chi connectivity index (χ4n) is 1.37. The molecule has 0 saturated heterocycles. The van der Waals surface area contributed by atoms with E-state index in [9.17, 15) is 13.6 Å². The van der Waals surface area contributed by atoms with E-state index in [0.717, 1.165) is 0 Å². The van der Waals surface area contributed by atoms with E-state index in [1.165, 1.54) is 0 Å². The highest BCUT2D eigenvalue weighted by Gasteiger charge is 2.12. The van der Waals surface area contributed by atoms with Gasteiger partial charge in [0.25, 0.3) is 12.3 Å². The van der Waals surface area contributed by atoms with Gasteiger partial charge >= 0.3 is 0 Å². The lowest BCUT2D eigenvalue weighted by atomic mass is 10.3. The molecule has 0 fully saturated rings. The fraction of sp³-hybridized carbons (Fsp3) is 0.500. The summed E-state index contributed by atoms with van der Waals surface area (Å²) in [6.45, 7) is 2.02. The first-order valence-electron chi connectivity index (χ1n) is 6.09. The van der Waals surface area contributed by atoms with Crippen LogP contribution in [0.25, 0.3) is 0 Å². The van der Waals surface area contributed by atoms with Crippen molar-refractivity contribution in [2.24, 2.45) is 0 Å². The number of carbonyl (C=O) groups excluding carboxylic acids is 1. The Labute approximate surface area is 120 Å². The predicted octanol–water partition coefficient (Wildman–Crippen LogP) is 2.18. The lowest BCUT2D eigenvalue weighted by Crippen LogP contribution is -2.29. The normalized spacial score (nSPS) is 10.7. The van der Waals surface area contributed by atoms with Gasteiger partial charge in [-0.25, -0.2) is 13.8 Å². The Hall–Kier alpha value is -1.47. The number of hydrogen-bond acceptors (Lipinski definition) is 4. The van der Waals surface area contributed by atoms with Crippen LogP contribution in [0.1, 0.15) is 17.4 Å². The summed E-state index contributed by atoms with van der Waals surface area (Å²) in [5.41, 5.74) is 0.0824. The van der Waals surface area contributed by atoms with E-state index in [-0.39, 0.29) is 23.9 Å². The second-order valence-electron chi connectivity index (χ2n) is 3.78. The summed E-state index contributed by atoms with van der Waals surface area (Å²) in [4.78, 5) is 15.9. The Morgan fingerprint density at radius 3 is 2.90 bits per heavy atom. The van der Waals surface area contributed by atoms with Gasteiger partial charge in [0.15, 0.2) is 0 Å². The summed E-state index contributed by atoms with van der Waals surface area (Å²) in [7, 11) is 0. The molecule has 1 rings (SSSR count). The molecule has 1 amide bonds. The van der Waals surface area contributed by atoms with Crippen LogP contribution in [0.2, 0.25) is 5.02 Å². The largest absolute Gasteiger partial charge is 0.374 e. The maximum atomic E-state index is 11.8. The number of ether oxygens (including phenoxy) is 1. The SMILES string of the molecule is CCNc1ccc(Cl)c(C(=O)NCCOCC(F)F)n1. The second kappa shape index (κ2) is 8.65. The summed E-state index contributed by atoms with van der Waals surface area (Å²) >= 11 is 5.89. The predicted molar refractivity (Wildman–Crippen MR) is 72.6 cm³/mol. The lowest BCUT2D eigenvalue weighted by molar-refractivity contribution is 0.0188. The third-order valence-corrected chi connectivity index (χ3v) is 2.50. The van der Waals surface area contributed by atoms with E-state index in [0.29, 0.717) is 12.4 Å². The zero-order valence-electron chi connectivity index (χ0n) is 11.0. The number of amides is 1. The van der Waals surface area contributed by atoms with Gasteiger partial charge in [-0.05, 0) is 19.1 Å². The standard InChI is InChI=1S/C12H16ClF2N3O2/c1-2-16-10-4-3-8(13)11(18-10)12(19)17-5-6-20-7-9(14)15/h3-4,9H,2,5-7H2,1H3,(H,16,18)(H,17,19). The molecular weight excluding hydrogens is 292 g/mol. The first-order chi connectivity index (χ1) is 9.54. The van der Waals surface area contributed by atoms with E-state index in [1.807, 2.05) is 6.92 Å². The third kappa shape index (κ3) is 5.66. The molecule has 20 heavy (non-hydrogen) atoms. The summed E-state index contributed by atoms with van der Waals surface area (Å²) in [6, 6.07) is 3.23. The summed E-state index contributed by atoms with van der Waals surface area (Å²) in [5, 5.41) is 5.68. The summed E-state index contributed by atoms with van der Waals surface area (Å²) in [5.74, 6) is 0.0615. The Balaban J connectivity index is 2.48. The molecule has 1 aromatic heterocycles. The van der Waals surface area contributed by atoms with E-state index < -0.39 is 18.9 Å². The van der Waals surface area contributed by atoms with Crippen molar-refractivity contribution < 1.29 is 18.3 Å². The second-order valence-corrected chi connectivity index (χ2v) is 4.19. The Morgan fingerprint density at radius 2 is 2.25 bits per heavy atom. The molecule has 0 aliphatic carbocycles. The molecular formula is C12H16ClF2N3O2. The number of carbonyl (C=O) groups is 1. The maximum Gasteiger partial charge on any atom is 0.271 e. The highest BCUT2D eigenvalue weighted by molar-refractivity contribution is 6.33. The topological polar surface area (TPSA) is 63.2 Å². The number of halogens is 3. The van der Waals surface area contributed by atoms with Gasteiger partial charge < -0.3 is 15.4 Å². The molecule has 1 heterocycles. The number of hydrogen-bond donors (Lipinski definition) is 2. The van der Waals surface area contributed by atoms with Crippen LogP contribution >= 0.6 is 11.6 Å². The van der Waals surface area contributed by atoms with Crippen molar-refractivity contribution in [3.8, 4) is 0 Å². The molecule has 0 aliphatic rings. The number of nitrogens with zero attached hydrogens (tertiary/aromatic N) is 1. The number of aromatic nitrogens is 1. The van der Waals surface area contributed by atoms with Crippen molar-refractivity contribution in [1.82, 2.24) is 10.3 Å². The number of pyridine rings is 1. The minimum atomic E-state index is -2.52. The van der Waals surface area contributed by atoms with E-state index in [4.69, 9.17) is 11.6 Å². The number of anilines is 1. The minimum absolute atomic E-state index is 0.000595. The van der Waals surface area contributed by atoms with Crippen LogP contribution in [0, 0.1) is 0 Å². The van der Waals surface area contributed by atoms with Crippen molar-refractivity contribution in [3.63, 3.8) is 0 Å². The molecule has 0 saturated carbocycles. The number of nitrogens with one attached hydrogen (secondary N) is 2. The van der Waals surface area contributed by atoms with Crippen LogP contribution in [0.4, 0.5) is 14.6 Å². The van der Waals surface area contributed by atoms with E-state index >= 15 is 0 Å². The zero-order chi connectivity index (χ0) is 15.0. The van der Waals surface area contributed by atoms with Crippen molar-refractivity contribution in [2.75, 3.05) is 31.6 Å². The van der Waals surface area contributed by atoms with Gasteiger partial charge in [-0.1, -0.05) is 11.6 Å². The van der Waals surface area contributed by atoms with Gasteiger partial charge in [0, 0.05) is 13.1 Å². The first kappa shape index (κ1) is 16.6. The monoisotopic (exact) mass is 307 g/mol. The summed E-state index contributed by atoms with van der Waals surface area (Å²) < 4.78 is 28.3. The average Bonchev–Trinajstić information content (AvgIpc) is 2.40.